The summed E-state index contributed by atoms with van der Waals surface area (Å²) in [5.74, 6) is -1.19. The summed E-state index contributed by atoms with van der Waals surface area (Å²) >= 11 is 0. The third-order valence-electron chi connectivity index (χ3n) is 4.96. The van der Waals surface area contributed by atoms with Crippen molar-refractivity contribution in [2.45, 2.75) is 18.4 Å². The van der Waals surface area contributed by atoms with Crippen LogP contribution in [0.2, 0.25) is 0 Å². The largest absolute Gasteiger partial charge is 0.497 e. The van der Waals surface area contributed by atoms with E-state index in [1.165, 1.54) is 39.5 Å². The molecule has 0 bridgehead atoms. The molecule has 1 heterocycles. The lowest BCUT2D eigenvalue weighted by atomic mass is 9.72. The van der Waals surface area contributed by atoms with E-state index in [4.69, 9.17) is 19.9 Å². The van der Waals surface area contributed by atoms with Crippen LogP contribution in [0.25, 0.3) is 0 Å². The number of amides is 2. The van der Waals surface area contributed by atoms with Crippen LogP contribution >= 0.6 is 0 Å². The van der Waals surface area contributed by atoms with Gasteiger partial charge in [-0.05, 0) is 29.8 Å². The molecule has 3 atom stereocenters. The number of carbonyl (C=O) groups is 2. The number of carbonyl (C=O) groups excluding carboxylic acids is 2. The Morgan fingerprint density at radius 2 is 1.96 bits per heavy atom. The van der Waals surface area contributed by atoms with Gasteiger partial charge in [-0.2, -0.15) is 0 Å². The number of hydrogen-bond acceptors (Lipinski definition) is 5. The summed E-state index contributed by atoms with van der Waals surface area (Å²) in [7, 11) is 4.44. The molecule has 7 nitrogen and oxygen atoms in total. The smallest absolute Gasteiger partial charge is 0.248 e. The van der Waals surface area contributed by atoms with Crippen LogP contribution in [0, 0.1) is 11.7 Å². The summed E-state index contributed by atoms with van der Waals surface area (Å²) in [6.45, 7) is 0. The van der Waals surface area contributed by atoms with Gasteiger partial charge in [0, 0.05) is 17.9 Å². The van der Waals surface area contributed by atoms with Gasteiger partial charge in [0.2, 0.25) is 11.8 Å². The van der Waals surface area contributed by atoms with Crippen molar-refractivity contribution in [3.8, 4) is 0 Å². The molecule has 1 aliphatic carbocycles. The van der Waals surface area contributed by atoms with Gasteiger partial charge in [0.15, 0.2) is 11.5 Å². The second-order valence-electron chi connectivity index (χ2n) is 6.37. The Kier molecular flexibility index (Phi) is 5.07. The Morgan fingerprint density at radius 3 is 2.56 bits per heavy atom. The maximum Gasteiger partial charge on any atom is 0.248 e. The maximum atomic E-state index is 14.6. The highest BCUT2D eigenvalue weighted by atomic mass is 19.1. The average molecular weight is 376 g/mol. The lowest BCUT2D eigenvalue weighted by Gasteiger charge is -2.41. The fraction of sp³-hybridized carbons (Fsp3) is 0.368. The second kappa shape index (κ2) is 7.30. The molecule has 0 radical (unpaired) electrons. The number of hydrogen-bond donors (Lipinski definition) is 2. The van der Waals surface area contributed by atoms with E-state index < -0.39 is 29.6 Å². The average Bonchev–Trinajstić information content (AvgIpc) is 2.65. The minimum atomic E-state index is -0.668. The van der Waals surface area contributed by atoms with Crippen LogP contribution in [0.3, 0.4) is 0 Å². The molecule has 0 spiro atoms. The van der Waals surface area contributed by atoms with Gasteiger partial charge in [0.25, 0.3) is 0 Å². The first-order chi connectivity index (χ1) is 12.9. The molecule has 1 saturated heterocycles. The SMILES string of the molecule is COC1=CC2NC(=O)CC(c3cc(C(N)=O)ccc3F)C2C(OC)=C1OC. The first-order valence-corrected chi connectivity index (χ1v) is 8.38. The highest BCUT2D eigenvalue weighted by molar-refractivity contribution is 5.93. The molecule has 0 saturated carbocycles. The number of primary amides is 1. The van der Waals surface area contributed by atoms with Crippen molar-refractivity contribution in [3.63, 3.8) is 0 Å². The molecule has 27 heavy (non-hydrogen) atoms. The number of rotatable bonds is 5. The fourth-order valence-electron chi connectivity index (χ4n) is 3.79. The fourth-order valence-corrected chi connectivity index (χ4v) is 3.79. The number of nitrogens with one attached hydrogen (secondary N) is 1. The van der Waals surface area contributed by atoms with Crippen LogP contribution < -0.4 is 11.1 Å². The summed E-state index contributed by atoms with van der Waals surface area (Å²) in [5.41, 5.74) is 5.74. The number of piperidine rings is 1. The number of nitrogens with two attached hydrogens (primary N) is 1. The van der Waals surface area contributed by atoms with Crippen LogP contribution in [0.4, 0.5) is 4.39 Å². The molecule has 0 aromatic heterocycles. The Balaban J connectivity index is 2.15. The molecule has 8 heteroatoms. The first-order valence-electron chi connectivity index (χ1n) is 8.38. The van der Waals surface area contributed by atoms with Crippen LogP contribution in [-0.4, -0.2) is 39.2 Å². The zero-order valence-corrected chi connectivity index (χ0v) is 15.2. The Hall–Kier alpha value is -3.03. The van der Waals surface area contributed by atoms with E-state index in [1.54, 1.807) is 6.08 Å². The molecule has 3 unspecified atom stereocenters. The third kappa shape index (κ3) is 3.22. The molecule has 144 valence electrons. The lowest BCUT2D eigenvalue weighted by Crippen LogP contribution is -2.50. The van der Waals surface area contributed by atoms with E-state index in [2.05, 4.69) is 5.32 Å². The van der Waals surface area contributed by atoms with E-state index >= 15 is 0 Å². The molecular weight excluding hydrogens is 355 g/mol. The van der Waals surface area contributed by atoms with Crippen molar-refractivity contribution in [1.82, 2.24) is 5.32 Å². The molecule has 2 amide bonds. The van der Waals surface area contributed by atoms with Gasteiger partial charge in [0.05, 0.1) is 33.3 Å². The lowest BCUT2D eigenvalue weighted by molar-refractivity contribution is -0.124. The van der Waals surface area contributed by atoms with Crippen molar-refractivity contribution in [2.24, 2.45) is 11.7 Å². The Morgan fingerprint density at radius 1 is 1.22 bits per heavy atom. The predicted molar refractivity (Wildman–Crippen MR) is 93.8 cm³/mol. The van der Waals surface area contributed by atoms with Gasteiger partial charge in [-0.1, -0.05) is 0 Å². The summed E-state index contributed by atoms with van der Waals surface area (Å²) in [6.07, 6.45) is 1.74. The van der Waals surface area contributed by atoms with Crippen molar-refractivity contribution in [2.75, 3.05) is 21.3 Å². The zero-order chi connectivity index (χ0) is 19.7. The normalized spacial score (nSPS) is 24.5. The molecule has 3 N–H and O–H groups in total. The van der Waals surface area contributed by atoms with Gasteiger partial charge in [-0.15, -0.1) is 0 Å². The van der Waals surface area contributed by atoms with E-state index in [0.29, 0.717) is 17.3 Å². The molecule has 3 rings (SSSR count). The zero-order valence-electron chi connectivity index (χ0n) is 15.2. The van der Waals surface area contributed by atoms with Gasteiger partial charge >= 0.3 is 0 Å². The Bertz CT molecular complexity index is 849. The molecule has 1 aromatic rings. The number of ether oxygens (including phenoxy) is 3. The van der Waals surface area contributed by atoms with Crippen molar-refractivity contribution >= 4 is 11.8 Å². The summed E-state index contributed by atoms with van der Waals surface area (Å²) < 4.78 is 31.0. The minimum absolute atomic E-state index is 0.0281. The quantitative estimate of drug-likeness (QED) is 0.812. The van der Waals surface area contributed by atoms with E-state index in [1.807, 2.05) is 0 Å². The van der Waals surface area contributed by atoms with E-state index in [-0.39, 0.29) is 23.5 Å². The van der Waals surface area contributed by atoms with Crippen LogP contribution in [0.1, 0.15) is 28.3 Å². The van der Waals surface area contributed by atoms with Crippen LogP contribution in [0.15, 0.2) is 41.6 Å². The molecule has 1 aliphatic heterocycles. The number of methoxy groups -OCH3 is 3. The third-order valence-corrected chi connectivity index (χ3v) is 4.96. The molecule has 1 aromatic carbocycles. The van der Waals surface area contributed by atoms with Crippen molar-refractivity contribution in [3.05, 3.63) is 58.5 Å². The van der Waals surface area contributed by atoms with Crippen molar-refractivity contribution < 1.29 is 28.2 Å². The maximum absolute atomic E-state index is 14.6. The van der Waals surface area contributed by atoms with Crippen molar-refractivity contribution in [1.29, 1.82) is 0 Å². The van der Waals surface area contributed by atoms with Gasteiger partial charge < -0.3 is 25.3 Å². The molecular formula is C19H21FN2O5. The van der Waals surface area contributed by atoms with E-state index in [0.717, 1.165) is 0 Å². The predicted octanol–water partition coefficient (Wildman–Crippen LogP) is 1.56. The summed E-state index contributed by atoms with van der Waals surface area (Å²) in [4.78, 5) is 23.8. The molecule has 2 aliphatic rings. The monoisotopic (exact) mass is 376 g/mol. The van der Waals surface area contributed by atoms with Gasteiger partial charge in [-0.25, -0.2) is 4.39 Å². The minimum Gasteiger partial charge on any atom is -0.497 e. The first kappa shape index (κ1) is 18.8. The highest BCUT2D eigenvalue weighted by Crippen LogP contribution is 2.44. The van der Waals surface area contributed by atoms with Crippen LogP contribution in [0.5, 0.6) is 0 Å². The highest BCUT2D eigenvalue weighted by Gasteiger charge is 2.45. The number of fused-ring (bicyclic) bond motifs is 1. The van der Waals surface area contributed by atoms with Gasteiger partial charge in [0.1, 0.15) is 11.6 Å². The van der Waals surface area contributed by atoms with E-state index in [9.17, 15) is 14.0 Å². The Labute approximate surface area is 156 Å². The summed E-state index contributed by atoms with van der Waals surface area (Å²) in [6, 6.07) is 3.42. The topological polar surface area (TPSA) is 99.9 Å². The number of halogens is 1. The number of benzene rings is 1. The summed E-state index contributed by atoms with van der Waals surface area (Å²) in [5, 5.41) is 2.87. The standard InChI is InChI=1S/C19H21FN2O5/c1-25-14-8-13-16(18(27-3)17(14)26-2)11(7-15(23)22-13)10-6-9(19(21)24)4-5-12(10)20/h4-6,8,11,13,16H,7H2,1-3H3,(H2,21,24)(H,22,23). The molecule has 1 fully saturated rings. The second-order valence-corrected chi connectivity index (χ2v) is 6.37. The van der Waals surface area contributed by atoms with Crippen LogP contribution in [-0.2, 0) is 19.0 Å². The van der Waals surface area contributed by atoms with Gasteiger partial charge in [-0.3, -0.25) is 9.59 Å².